The second-order valence-corrected chi connectivity index (χ2v) is 6.62. The summed E-state index contributed by atoms with van der Waals surface area (Å²) in [5.74, 6) is 1.38. The Bertz CT molecular complexity index is 1070. The molecule has 0 unspecified atom stereocenters. The van der Waals surface area contributed by atoms with Crippen LogP contribution in [0.15, 0.2) is 80.6 Å². The SMILES string of the molecule is COc1ccc(-c2nc3cc(N=Cc4ccc(Br)cc4)ccc3o2)cc1. The van der Waals surface area contributed by atoms with Crippen LogP contribution in [0.5, 0.6) is 5.75 Å². The van der Waals surface area contributed by atoms with E-state index in [0.717, 1.165) is 38.1 Å². The molecule has 4 rings (SSSR count). The molecule has 0 spiro atoms. The highest BCUT2D eigenvalue weighted by atomic mass is 79.9. The number of oxazole rings is 1. The van der Waals surface area contributed by atoms with Gasteiger partial charge < -0.3 is 9.15 Å². The Morgan fingerprint density at radius 1 is 1.00 bits per heavy atom. The molecule has 5 heteroatoms. The molecule has 0 radical (unpaired) electrons. The number of methoxy groups -OCH3 is 1. The van der Waals surface area contributed by atoms with Crippen molar-refractivity contribution >= 4 is 38.9 Å². The molecule has 0 aliphatic carbocycles. The second kappa shape index (κ2) is 7.14. The van der Waals surface area contributed by atoms with E-state index in [-0.39, 0.29) is 0 Å². The van der Waals surface area contributed by atoms with E-state index in [0.29, 0.717) is 5.89 Å². The molecular weight excluding hydrogens is 392 g/mol. The van der Waals surface area contributed by atoms with Gasteiger partial charge in [-0.1, -0.05) is 28.1 Å². The average Bonchev–Trinajstić information content (AvgIpc) is 3.11. The standard InChI is InChI=1S/C21H15BrN2O2/c1-25-18-9-4-15(5-10-18)21-24-19-12-17(8-11-20(19)26-21)23-13-14-2-6-16(22)7-3-14/h2-13H,1H3. The van der Waals surface area contributed by atoms with Gasteiger partial charge in [0.15, 0.2) is 5.58 Å². The molecule has 1 heterocycles. The van der Waals surface area contributed by atoms with Gasteiger partial charge in [0.05, 0.1) is 12.8 Å². The third kappa shape index (κ3) is 3.53. The Labute approximate surface area is 159 Å². The first kappa shape index (κ1) is 16.5. The predicted octanol–water partition coefficient (Wildman–Crippen LogP) is 6.02. The van der Waals surface area contributed by atoms with Crippen LogP contribution in [-0.2, 0) is 0 Å². The normalized spacial score (nSPS) is 11.3. The molecule has 4 aromatic rings. The lowest BCUT2D eigenvalue weighted by atomic mass is 10.2. The number of fused-ring (bicyclic) bond motifs is 1. The first-order valence-corrected chi connectivity index (χ1v) is 8.85. The summed E-state index contributed by atoms with van der Waals surface area (Å²) in [5, 5.41) is 0. The van der Waals surface area contributed by atoms with Crippen molar-refractivity contribution in [2.45, 2.75) is 0 Å². The Morgan fingerprint density at radius 3 is 2.50 bits per heavy atom. The number of ether oxygens (including phenoxy) is 1. The third-order valence-electron chi connectivity index (χ3n) is 3.94. The molecule has 0 saturated heterocycles. The van der Waals surface area contributed by atoms with Crippen LogP contribution in [0, 0.1) is 0 Å². The van der Waals surface area contributed by atoms with Crippen molar-refractivity contribution in [3.8, 4) is 17.2 Å². The van der Waals surface area contributed by atoms with Gasteiger partial charge in [0.1, 0.15) is 11.3 Å². The number of hydrogen-bond donors (Lipinski definition) is 0. The minimum absolute atomic E-state index is 0.580. The van der Waals surface area contributed by atoms with Crippen LogP contribution >= 0.6 is 15.9 Å². The molecule has 26 heavy (non-hydrogen) atoms. The van der Waals surface area contributed by atoms with E-state index >= 15 is 0 Å². The van der Waals surface area contributed by atoms with Crippen molar-refractivity contribution < 1.29 is 9.15 Å². The van der Waals surface area contributed by atoms with E-state index in [1.807, 2.05) is 72.9 Å². The molecule has 128 valence electrons. The van der Waals surface area contributed by atoms with Crippen molar-refractivity contribution in [1.29, 1.82) is 0 Å². The molecule has 0 bridgehead atoms. The van der Waals surface area contributed by atoms with E-state index in [9.17, 15) is 0 Å². The lowest BCUT2D eigenvalue weighted by Gasteiger charge is -1.99. The summed E-state index contributed by atoms with van der Waals surface area (Å²) in [6.45, 7) is 0. The van der Waals surface area contributed by atoms with Gasteiger partial charge in [0.2, 0.25) is 5.89 Å². The van der Waals surface area contributed by atoms with Crippen molar-refractivity contribution in [3.63, 3.8) is 0 Å². The zero-order valence-electron chi connectivity index (χ0n) is 14.0. The van der Waals surface area contributed by atoms with Gasteiger partial charge in [0.25, 0.3) is 0 Å². The van der Waals surface area contributed by atoms with Crippen LogP contribution in [0.2, 0.25) is 0 Å². The maximum atomic E-state index is 5.85. The molecular formula is C21H15BrN2O2. The predicted molar refractivity (Wildman–Crippen MR) is 107 cm³/mol. The molecule has 4 nitrogen and oxygen atoms in total. The summed E-state index contributed by atoms with van der Waals surface area (Å²) in [6.07, 6.45) is 1.83. The monoisotopic (exact) mass is 406 g/mol. The van der Waals surface area contributed by atoms with E-state index < -0.39 is 0 Å². The number of rotatable bonds is 4. The fraction of sp³-hybridized carbons (Fsp3) is 0.0476. The van der Waals surface area contributed by atoms with Gasteiger partial charge in [-0.3, -0.25) is 4.99 Å². The summed E-state index contributed by atoms with van der Waals surface area (Å²) < 4.78 is 12.1. The highest BCUT2D eigenvalue weighted by Gasteiger charge is 2.08. The third-order valence-corrected chi connectivity index (χ3v) is 4.47. The van der Waals surface area contributed by atoms with E-state index in [4.69, 9.17) is 9.15 Å². The van der Waals surface area contributed by atoms with Crippen LogP contribution in [0.25, 0.3) is 22.6 Å². The number of hydrogen-bond acceptors (Lipinski definition) is 4. The number of aliphatic imine (C=N–C) groups is 1. The Morgan fingerprint density at radius 2 is 1.77 bits per heavy atom. The smallest absolute Gasteiger partial charge is 0.227 e. The lowest BCUT2D eigenvalue weighted by molar-refractivity contribution is 0.415. The number of halogens is 1. The first-order valence-electron chi connectivity index (χ1n) is 8.06. The molecule has 0 saturated carbocycles. The van der Waals surface area contributed by atoms with Crippen molar-refractivity contribution in [1.82, 2.24) is 4.98 Å². The number of aromatic nitrogens is 1. The molecule has 0 aliphatic rings. The molecule has 3 aromatic carbocycles. The number of benzene rings is 3. The van der Waals surface area contributed by atoms with Crippen molar-refractivity contribution in [2.75, 3.05) is 7.11 Å². The van der Waals surface area contributed by atoms with Gasteiger partial charge in [-0.05, 0) is 60.2 Å². The van der Waals surface area contributed by atoms with Crippen molar-refractivity contribution in [3.05, 3.63) is 76.8 Å². The molecule has 0 fully saturated rings. The summed E-state index contributed by atoms with van der Waals surface area (Å²) in [4.78, 5) is 9.10. The van der Waals surface area contributed by atoms with E-state index in [2.05, 4.69) is 25.9 Å². The second-order valence-electron chi connectivity index (χ2n) is 5.71. The van der Waals surface area contributed by atoms with Gasteiger partial charge in [-0.2, -0.15) is 0 Å². The largest absolute Gasteiger partial charge is 0.497 e. The van der Waals surface area contributed by atoms with Crippen LogP contribution in [0.1, 0.15) is 5.56 Å². The molecule has 0 atom stereocenters. The molecule has 0 aliphatic heterocycles. The maximum Gasteiger partial charge on any atom is 0.227 e. The Balaban J connectivity index is 1.61. The minimum Gasteiger partial charge on any atom is -0.497 e. The van der Waals surface area contributed by atoms with Crippen LogP contribution in [0.4, 0.5) is 5.69 Å². The molecule has 1 aromatic heterocycles. The Kier molecular flexibility index (Phi) is 4.54. The van der Waals surface area contributed by atoms with Crippen LogP contribution in [-0.4, -0.2) is 18.3 Å². The molecule has 0 N–H and O–H groups in total. The van der Waals surface area contributed by atoms with Gasteiger partial charge in [0, 0.05) is 16.3 Å². The summed E-state index contributed by atoms with van der Waals surface area (Å²) in [7, 11) is 1.64. The van der Waals surface area contributed by atoms with Gasteiger partial charge in [-0.25, -0.2) is 4.98 Å². The topological polar surface area (TPSA) is 47.6 Å². The zero-order valence-corrected chi connectivity index (χ0v) is 15.6. The van der Waals surface area contributed by atoms with Crippen LogP contribution < -0.4 is 4.74 Å². The van der Waals surface area contributed by atoms with E-state index in [1.54, 1.807) is 7.11 Å². The first-order chi connectivity index (χ1) is 12.7. The fourth-order valence-electron chi connectivity index (χ4n) is 2.55. The minimum atomic E-state index is 0.580. The fourth-order valence-corrected chi connectivity index (χ4v) is 2.82. The number of nitrogens with zero attached hydrogens (tertiary/aromatic N) is 2. The molecule has 0 amide bonds. The van der Waals surface area contributed by atoms with Crippen LogP contribution in [0.3, 0.4) is 0 Å². The highest BCUT2D eigenvalue weighted by molar-refractivity contribution is 9.10. The lowest BCUT2D eigenvalue weighted by Crippen LogP contribution is -1.82. The quantitative estimate of drug-likeness (QED) is 0.389. The summed E-state index contributed by atoms with van der Waals surface area (Å²) in [6, 6.07) is 21.3. The van der Waals surface area contributed by atoms with Gasteiger partial charge >= 0.3 is 0 Å². The van der Waals surface area contributed by atoms with Crippen molar-refractivity contribution in [2.24, 2.45) is 4.99 Å². The van der Waals surface area contributed by atoms with Gasteiger partial charge in [-0.15, -0.1) is 0 Å². The summed E-state index contributed by atoms with van der Waals surface area (Å²) >= 11 is 3.43. The highest BCUT2D eigenvalue weighted by Crippen LogP contribution is 2.28. The summed E-state index contributed by atoms with van der Waals surface area (Å²) in [5.41, 5.74) is 4.28. The Hall–Kier alpha value is -2.92. The van der Waals surface area contributed by atoms with E-state index in [1.165, 1.54) is 0 Å². The maximum absolute atomic E-state index is 5.85. The average molecular weight is 407 g/mol. The zero-order chi connectivity index (χ0) is 17.9.